The van der Waals surface area contributed by atoms with Crippen molar-refractivity contribution < 1.29 is 0 Å². The van der Waals surface area contributed by atoms with Gasteiger partial charge in [-0.2, -0.15) is 0 Å². The summed E-state index contributed by atoms with van der Waals surface area (Å²) < 4.78 is 0. The lowest BCUT2D eigenvalue weighted by Gasteiger charge is -2.42. The number of hydrogen-bond donors (Lipinski definition) is 0. The topological polar surface area (TPSA) is 0 Å². The van der Waals surface area contributed by atoms with Crippen LogP contribution in [-0.2, 0) is 0 Å². The molecule has 0 aromatic carbocycles. The van der Waals surface area contributed by atoms with Crippen molar-refractivity contribution in [2.75, 3.05) is 0 Å². The summed E-state index contributed by atoms with van der Waals surface area (Å²) in [6, 6.07) is 0. The van der Waals surface area contributed by atoms with Crippen LogP contribution < -0.4 is 0 Å². The van der Waals surface area contributed by atoms with Crippen molar-refractivity contribution in [3.8, 4) is 0 Å². The van der Waals surface area contributed by atoms with Gasteiger partial charge in [-0.1, -0.05) is 43.6 Å². The molecule has 0 nitrogen and oxygen atoms in total. The number of rotatable bonds is 3. The maximum atomic E-state index is 3.80. The molecule has 1 unspecified atom stereocenters. The second kappa shape index (κ2) is 4.13. The summed E-state index contributed by atoms with van der Waals surface area (Å²) in [5, 5.41) is 0. The highest BCUT2D eigenvalue weighted by atomic mass is 79.9. The third-order valence-corrected chi connectivity index (χ3v) is 5.05. The van der Waals surface area contributed by atoms with E-state index in [1.165, 1.54) is 12.8 Å². The first-order chi connectivity index (χ1) is 5.52. The molecule has 0 radical (unpaired) electrons. The average Bonchev–Trinajstić information content (AvgIpc) is 1.82. The minimum atomic E-state index is 0.757. The van der Waals surface area contributed by atoms with Crippen molar-refractivity contribution in [2.24, 2.45) is 23.7 Å². The zero-order valence-electron chi connectivity index (χ0n) is 8.68. The second-order valence-corrected chi connectivity index (χ2v) is 5.98. The van der Waals surface area contributed by atoms with Gasteiger partial charge >= 0.3 is 0 Å². The van der Waals surface area contributed by atoms with E-state index in [0.29, 0.717) is 0 Å². The summed E-state index contributed by atoms with van der Waals surface area (Å²) >= 11 is 3.80. The molecule has 1 aliphatic carbocycles. The monoisotopic (exact) mass is 232 g/mol. The second-order valence-electron chi connectivity index (χ2n) is 4.92. The highest BCUT2D eigenvalue weighted by molar-refractivity contribution is 9.09. The van der Waals surface area contributed by atoms with Crippen molar-refractivity contribution >= 4 is 15.9 Å². The predicted molar refractivity (Wildman–Crippen MR) is 58.6 cm³/mol. The molecule has 0 N–H and O–H groups in total. The normalized spacial score (nSPS) is 32.2. The largest absolute Gasteiger partial charge is 0.0885 e. The molecule has 12 heavy (non-hydrogen) atoms. The fraction of sp³-hybridized carbons (Fsp3) is 1.00. The van der Waals surface area contributed by atoms with Gasteiger partial charge in [0, 0.05) is 4.83 Å². The van der Waals surface area contributed by atoms with E-state index in [1.807, 2.05) is 0 Å². The summed E-state index contributed by atoms with van der Waals surface area (Å²) in [5.74, 6) is 3.66. The summed E-state index contributed by atoms with van der Waals surface area (Å²) in [6.45, 7) is 9.31. The van der Waals surface area contributed by atoms with E-state index in [4.69, 9.17) is 0 Å². The zero-order chi connectivity index (χ0) is 9.30. The first kappa shape index (κ1) is 10.6. The lowest BCUT2D eigenvalue weighted by Crippen LogP contribution is -2.35. The van der Waals surface area contributed by atoms with Gasteiger partial charge in [0.1, 0.15) is 0 Å². The maximum absolute atomic E-state index is 3.80. The van der Waals surface area contributed by atoms with Gasteiger partial charge in [0.2, 0.25) is 0 Å². The molecule has 0 heterocycles. The van der Waals surface area contributed by atoms with Crippen LogP contribution in [0.3, 0.4) is 0 Å². The molecule has 1 rings (SSSR count). The number of hydrogen-bond acceptors (Lipinski definition) is 0. The van der Waals surface area contributed by atoms with Crippen LogP contribution in [0.5, 0.6) is 0 Å². The number of alkyl halides is 1. The van der Waals surface area contributed by atoms with Crippen LogP contribution in [-0.4, -0.2) is 4.83 Å². The Labute approximate surface area is 85.3 Å². The van der Waals surface area contributed by atoms with Gasteiger partial charge in [-0.25, -0.2) is 0 Å². The minimum Gasteiger partial charge on any atom is -0.0885 e. The Morgan fingerprint density at radius 2 is 1.50 bits per heavy atom. The Kier molecular flexibility index (Phi) is 3.63. The van der Waals surface area contributed by atoms with Crippen LogP contribution in [0.2, 0.25) is 0 Å². The van der Waals surface area contributed by atoms with Gasteiger partial charge < -0.3 is 0 Å². The quantitative estimate of drug-likeness (QED) is 0.644. The molecule has 0 aliphatic heterocycles. The van der Waals surface area contributed by atoms with Crippen molar-refractivity contribution in [1.82, 2.24) is 0 Å². The van der Waals surface area contributed by atoms with Crippen LogP contribution >= 0.6 is 15.9 Å². The molecule has 0 amide bonds. The third kappa shape index (κ3) is 2.25. The van der Waals surface area contributed by atoms with E-state index >= 15 is 0 Å². The van der Waals surface area contributed by atoms with E-state index in [0.717, 1.165) is 28.5 Å². The van der Waals surface area contributed by atoms with Crippen LogP contribution in [0.4, 0.5) is 0 Å². The van der Waals surface area contributed by atoms with Crippen molar-refractivity contribution in [3.63, 3.8) is 0 Å². The minimum absolute atomic E-state index is 0.757. The van der Waals surface area contributed by atoms with Crippen molar-refractivity contribution in [3.05, 3.63) is 0 Å². The molecule has 0 bridgehead atoms. The molecule has 1 atom stereocenters. The summed E-state index contributed by atoms with van der Waals surface area (Å²) in [6.07, 6.45) is 2.90. The lowest BCUT2D eigenvalue weighted by atomic mass is 9.67. The van der Waals surface area contributed by atoms with Crippen molar-refractivity contribution in [2.45, 2.75) is 45.4 Å². The Morgan fingerprint density at radius 1 is 1.00 bits per heavy atom. The molecule has 1 saturated carbocycles. The standard InChI is InChI=1S/C11H21Br/c1-7(2)9-5-10(6-9)11(12)8(3)4/h7-11H,5-6H2,1-4H3. The summed E-state index contributed by atoms with van der Waals surface area (Å²) in [7, 11) is 0. The molecule has 1 aliphatic rings. The summed E-state index contributed by atoms with van der Waals surface area (Å²) in [5.41, 5.74) is 0. The molecule has 0 spiro atoms. The van der Waals surface area contributed by atoms with E-state index in [1.54, 1.807) is 0 Å². The highest BCUT2D eigenvalue weighted by Gasteiger charge is 2.36. The third-order valence-electron chi connectivity index (χ3n) is 3.24. The van der Waals surface area contributed by atoms with E-state index in [2.05, 4.69) is 43.6 Å². The molecular formula is C11H21Br. The van der Waals surface area contributed by atoms with Gasteiger partial charge in [0.15, 0.2) is 0 Å². The fourth-order valence-corrected chi connectivity index (χ4v) is 2.49. The Bertz CT molecular complexity index is 134. The zero-order valence-corrected chi connectivity index (χ0v) is 10.3. The summed E-state index contributed by atoms with van der Waals surface area (Å²) in [4.78, 5) is 0.757. The number of halogens is 1. The Morgan fingerprint density at radius 3 is 1.83 bits per heavy atom. The first-order valence-corrected chi connectivity index (χ1v) is 6.08. The van der Waals surface area contributed by atoms with E-state index in [-0.39, 0.29) is 0 Å². The molecule has 1 fully saturated rings. The van der Waals surface area contributed by atoms with Gasteiger partial charge in [0.25, 0.3) is 0 Å². The Hall–Kier alpha value is 0.480. The molecule has 1 heteroatoms. The predicted octanol–water partition coefficient (Wildman–Crippen LogP) is 4.09. The van der Waals surface area contributed by atoms with Crippen LogP contribution in [0.1, 0.15) is 40.5 Å². The van der Waals surface area contributed by atoms with Crippen LogP contribution in [0.25, 0.3) is 0 Å². The Balaban J connectivity index is 2.25. The van der Waals surface area contributed by atoms with Crippen molar-refractivity contribution in [1.29, 1.82) is 0 Å². The molecule has 0 aromatic heterocycles. The SMILES string of the molecule is CC(C)C1CC(C(Br)C(C)C)C1. The molecule has 0 aromatic rings. The van der Waals surface area contributed by atoms with Gasteiger partial charge in [-0.3, -0.25) is 0 Å². The fourth-order valence-electron chi connectivity index (χ4n) is 2.06. The van der Waals surface area contributed by atoms with Gasteiger partial charge in [0.05, 0.1) is 0 Å². The van der Waals surface area contributed by atoms with E-state index in [9.17, 15) is 0 Å². The molecule has 0 saturated heterocycles. The molecule has 72 valence electrons. The average molecular weight is 233 g/mol. The maximum Gasteiger partial charge on any atom is 0.0197 e. The van der Waals surface area contributed by atoms with Gasteiger partial charge in [-0.05, 0) is 36.5 Å². The highest BCUT2D eigenvalue weighted by Crippen LogP contribution is 2.44. The first-order valence-electron chi connectivity index (χ1n) is 5.16. The molecular weight excluding hydrogens is 212 g/mol. The smallest absolute Gasteiger partial charge is 0.0197 e. The van der Waals surface area contributed by atoms with Crippen LogP contribution in [0.15, 0.2) is 0 Å². The van der Waals surface area contributed by atoms with Crippen LogP contribution in [0, 0.1) is 23.7 Å². The van der Waals surface area contributed by atoms with Gasteiger partial charge in [-0.15, -0.1) is 0 Å². The lowest BCUT2D eigenvalue weighted by molar-refractivity contribution is 0.129. The van der Waals surface area contributed by atoms with E-state index < -0.39 is 0 Å².